The van der Waals surface area contributed by atoms with E-state index in [1.54, 1.807) is 7.11 Å². The fraction of sp³-hybridized carbons (Fsp3) is 0.625. The molecule has 3 nitrogen and oxygen atoms in total. The fourth-order valence-electron chi connectivity index (χ4n) is 3.06. The SMILES string of the molecule is COc1ccc(CN2CCCCC2CCN)cc1C. The van der Waals surface area contributed by atoms with E-state index in [0.29, 0.717) is 6.04 Å². The van der Waals surface area contributed by atoms with Gasteiger partial charge in [-0.1, -0.05) is 18.6 Å². The zero-order valence-corrected chi connectivity index (χ0v) is 12.2. The highest BCUT2D eigenvalue weighted by atomic mass is 16.5. The molecule has 2 N–H and O–H groups in total. The van der Waals surface area contributed by atoms with Crippen LogP contribution >= 0.6 is 0 Å². The van der Waals surface area contributed by atoms with Gasteiger partial charge in [0.1, 0.15) is 5.75 Å². The molecule has 1 aromatic rings. The van der Waals surface area contributed by atoms with Gasteiger partial charge in [0.2, 0.25) is 0 Å². The molecule has 0 aromatic heterocycles. The third-order valence-electron chi connectivity index (χ3n) is 4.09. The van der Waals surface area contributed by atoms with E-state index in [4.69, 9.17) is 10.5 Å². The van der Waals surface area contributed by atoms with E-state index in [9.17, 15) is 0 Å². The maximum atomic E-state index is 5.73. The maximum absolute atomic E-state index is 5.73. The number of rotatable bonds is 5. The van der Waals surface area contributed by atoms with E-state index in [1.807, 2.05) is 0 Å². The summed E-state index contributed by atoms with van der Waals surface area (Å²) in [4.78, 5) is 2.59. The Morgan fingerprint density at radius 3 is 2.89 bits per heavy atom. The van der Waals surface area contributed by atoms with Crippen molar-refractivity contribution in [3.8, 4) is 5.75 Å². The number of likely N-dealkylation sites (tertiary alicyclic amines) is 1. The van der Waals surface area contributed by atoms with Gasteiger partial charge in [-0.15, -0.1) is 0 Å². The van der Waals surface area contributed by atoms with Crippen LogP contribution in [0.3, 0.4) is 0 Å². The summed E-state index contributed by atoms with van der Waals surface area (Å²) in [6.07, 6.45) is 5.08. The highest BCUT2D eigenvalue weighted by molar-refractivity contribution is 5.36. The summed E-state index contributed by atoms with van der Waals surface area (Å²) < 4.78 is 5.32. The highest BCUT2D eigenvalue weighted by Gasteiger charge is 2.21. The second kappa shape index (κ2) is 6.92. The summed E-state index contributed by atoms with van der Waals surface area (Å²) in [7, 11) is 1.73. The number of hydrogen-bond donors (Lipinski definition) is 1. The number of hydrogen-bond acceptors (Lipinski definition) is 3. The minimum Gasteiger partial charge on any atom is -0.496 e. The van der Waals surface area contributed by atoms with E-state index in [1.165, 1.54) is 36.9 Å². The van der Waals surface area contributed by atoms with Crippen molar-refractivity contribution >= 4 is 0 Å². The van der Waals surface area contributed by atoms with Gasteiger partial charge in [0, 0.05) is 12.6 Å². The summed E-state index contributed by atoms with van der Waals surface area (Å²) >= 11 is 0. The molecule has 1 saturated heterocycles. The number of nitrogens with two attached hydrogens (primary N) is 1. The lowest BCUT2D eigenvalue weighted by Crippen LogP contribution is -2.40. The van der Waals surface area contributed by atoms with Gasteiger partial charge in [0.05, 0.1) is 7.11 Å². The van der Waals surface area contributed by atoms with Crippen LogP contribution in [0.2, 0.25) is 0 Å². The highest BCUT2D eigenvalue weighted by Crippen LogP contribution is 2.24. The summed E-state index contributed by atoms with van der Waals surface area (Å²) in [5, 5.41) is 0. The Bertz CT molecular complexity index is 404. The van der Waals surface area contributed by atoms with Crippen molar-refractivity contribution in [1.82, 2.24) is 4.90 Å². The molecule has 0 saturated carbocycles. The number of aryl methyl sites for hydroxylation is 1. The molecule has 1 unspecified atom stereocenters. The number of methoxy groups -OCH3 is 1. The van der Waals surface area contributed by atoms with E-state index in [2.05, 4.69) is 30.0 Å². The van der Waals surface area contributed by atoms with Gasteiger partial charge in [-0.3, -0.25) is 4.90 Å². The molecular weight excluding hydrogens is 236 g/mol. The summed E-state index contributed by atoms with van der Waals surface area (Å²) in [5.74, 6) is 0.973. The van der Waals surface area contributed by atoms with Gasteiger partial charge in [-0.2, -0.15) is 0 Å². The Kier molecular flexibility index (Phi) is 5.23. The van der Waals surface area contributed by atoms with Crippen molar-refractivity contribution in [3.05, 3.63) is 29.3 Å². The molecule has 1 heterocycles. The van der Waals surface area contributed by atoms with Gasteiger partial charge >= 0.3 is 0 Å². The first-order valence-electron chi connectivity index (χ1n) is 7.32. The average molecular weight is 262 g/mol. The van der Waals surface area contributed by atoms with Crippen LogP contribution in [0.1, 0.15) is 36.8 Å². The van der Waals surface area contributed by atoms with Crippen LogP contribution in [0, 0.1) is 6.92 Å². The van der Waals surface area contributed by atoms with Crippen molar-refractivity contribution in [2.24, 2.45) is 5.73 Å². The minimum atomic E-state index is 0.668. The zero-order chi connectivity index (χ0) is 13.7. The molecule has 0 aliphatic carbocycles. The van der Waals surface area contributed by atoms with Crippen LogP contribution < -0.4 is 10.5 Å². The maximum Gasteiger partial charge on any atom is 0.121 e. The Labute approximate surface area is 116 Å². The summed E-state index contributed by atoms with van der Waals surface area (Å²) in [5.41, 5.74) is 8.33. The van der Waals surface area contributed by atoms with Crippen molar-refractivity contribution < 1.29 is 4.74 Å². The first-order valence-corrected chi connectivity index (χ1v) is 7.32. The molecule has 1 aliphatic heterocycles. The third-order valence-corrected chi connectivity index (χ3v) is 4.09. The van der Waals surface area contributed by atoms with E-state index < -0.39 is 0 Å². The fourth-order valence-corrected chi connectivity index (χ4v) is 3.06. The van der Waals surface area contributed by atoms with Crippen molar-refractivity contribution in [2.75, 3.05) is 20.2 Å². The quantitative estimate of drug-likeness (QED) is 0.886. The van der Waals surface area contributed by atoms with Gasteiger partial charge < -0.3 is 10.5 Å². The molecule has 0 amide bonds. The van der Waals surface area contributed by atoms with E-state index in [0.717, 1.165) is 25.3 Å². The Morgan fingerprint density at radius 1 is 1.37 bits per heavy atom. The van der Waals surface area contributed by atoms with E-state index >= 15 is 0 Å². The molecule has 0 bridgehead atoms. The second-order valence-corrected chi connectivity index (χ2v) is 5.50. The van der Waals surface area contributed by atoms with Crippen LogP contribution in [0.4, 0.5) is 0 Å². The minimum absolute atomic E-state index is 0.668. The molecule has 106 valence electrons. The van der Waals surface area contributed by atoms with Gasteiger partial charge in [0.25, 0.3) is 0 Å². The molecular formula is C16H26N2O. The smallest absolute Gasteiger partial charge is 0.121 e. The summed E-state index contributed by atoms with van der Waals surface area (Å²) in [6.45, 7) is 5.14. The zero-order valence-electron chi connectivity index (χ0n) is 12.2. The van der Waals surface area contributed by atoms with Gasteiger partial charge in [-0.05, 0) is 56.5 Å². The van der Waals surface area contributed by atoms with Crippen LogP contribution in [-0.2, 0) is 6.54 Å². The molecule has 1 fully saturated rings. The van der Waals surface area contributed by atoms with Crippen molar-refractivity contribution in [2.45, 2.75) is 45.2 Å². The van der Waals surface area contributed by atoms with Crippen molar-refractivity contribution in [1.29, 1.82) is 0 Å². The monoisotopic (exact) mass is 262 g/mol. The average Bonchev–Trinajstić information content (AvgIpc) is 2.41. The molecule has 1 atom stereocenters. The molecule has 1 aliphatic rings. The topological polar surface area (TPSA) is 38.5 Å². The van der Waals surface area contributed by atoms with Crippen LogP contribution in [0.5, 0.6) is 5.75 Å². The largest absolute Gasteiger partial charge is 0.496 e. The number of benzene rings is 1. The Morgan fingerprint density at radius 2 is 2.21 bits per heavy atom. The van der Waals surface area contributed by atoms with Gasteiger partial charge in [0.15, 0.2) is 0 Å². The van der Waals surface area contributed by atoms with Crippen molar-refractivity contribution in [3.63, 3.8) is 0 Å². The van der Waals surface area contributed by atoms with Crippen LogP contribution in [0.15, 0.2) is 18.2 Å². The second-order valence-electron chi connectivity index (χ2n) is 5.50. The molecule has 3 heteroatoms. The molecule has 1 aromatic carbocycles. The Hall–Kier alpha value is -1.06. The molecule has 0 radical (unpaired) electrons. The summed E-state index contributed by atoms with van der Waals surface area (Å²) in [6, 6.07) is 7.17. The molecule has 19 heavy (non-hydrogen) atoms. The Balaban J connectivity index is 2.04. The standard InChI is InChI=1S/C16H26N2O/c1-13-11-14(6-7-16(13)19-2)12-18-10-4-3-5-15(18)8-9-17/h6-7,11,15H,3-5,8-10,12,17H2,1-2H3. The van der Waals surface area contributed by atoms with Crippen LogP contribution in [0.25, 0.3) is 0 Å². The number of ether oxygens (including phenoxy) is 1. The first kappa shape index (κ1) is 14.4. The van der Waals surface area contributed by atoms with E-state index in [-0.39, 0.29) is 0 Å². The lowest BCUT2D eigenvalue weighted by Gasteiger charge is -2.35. The third kappa shape index (κ3) is 3.71. The number of piperidine rings is 1. The lowest BCUT2D eigenvalue weighted by molar-refractivity contribution is 0.134. The number of nitrogens with zero attached hydrogens (tertiary/aromatic N) is 1. The first-order chi connectivity index (χ1) is 9.24. The predicted molar refractivity (Wildman–Crippen MR) is 79.5 cm³/mol. The molecule has 0 spiro atoms. The predicted octanol–water partition coefficient (Wildman–Crippen LogP) is 2.71. The normalized spacial score (nSPS) is 20.5. The molecule has 2 rings (SSSR count). The van der Waals surface area contributed by atoms with Crippen LogP contribution in [-0.4, -0.2) is 31.1 Å². The lowest BCUT2D eigenvalue weighted by atomic mass is 9.98. The van der Waals surface area contributed by atoms with Gasteiger partial charge in [-0.25, -0.2) is 0 Å².